The number of hydrogen-bond acceptors (Lipinski definition) is 6. The summed E-state index contributed by atoms with van der Waals surface area (Å²) in [5.41, 5.74) is 1.29. The van der Waals surface area contributed by atoms with E-state index in [4.69, 9.17) is 0 Å². The van der Waals surface area contributed by atoms with E-state index in [2.05, 4.69) is 15.6 Å². The highest BCUT2D eigenvalue weighted by Gasteiger charge is 2.13. The van der Waals surface area contributed by atoms with Crippen molar-refractivity contribution in [3.63, 3.8) is 0 Å². The second-order valence-corrected chi connectivity index (χ2v) is 6.79. The van der Waals surface area contributed by atoms with Crippen molar-refractivity contribution in [3.05, 3.63) is 58.1 Å². The van der Waals surface area contributed by atoms with Crippen molar-refractivity contribution in [2.75, 3.05) is 10.6 Å². The molecule has 0 aliphatic carbocycles. The second kappa shape index (κ2) is 7.92. The molecule has 1 aromatic heterocycles. The van der Waals surface area contributed by atoms with Crippen LogP contribution in [0.5, 0.6) is 0 Å². The van der Waals surface area contributed by atoms with E-state index in [1.165, 1.54) is 35.6 Å². The van der Waals surface area contributed by atoms with Gasteiger partial charge in [0.15, 0.2) is 5.13 Å². The van der Waals surface area contributed by atoms with Crippen LogP contribution in [0.25, 0.3) is 10.2 Å². The van der Waals surface area contributed by atoms with Crippen molar-refractivity contribution in [2.45, 2.75) is 19.8 Å². The monoisotopic (exact) mass is 384 g/mol. The van der Waals surface area contributed by atoms with E-state index in [0.717, 1.165) is 11.1 Å². The molecule has 0 bridgehead atoms. The molecule has 2 amide bonds. The average molecular weight is 384 g/mol. The molecule has 0 saturated carbocycles. The first-order chi connectivity index (χ1) is 13.0. The maximum absolute atomic E-state index is 12.3. The molecule has 138 valence electrons. The fourth-order valence-electron chi connectivity index (χ4n) is 2.43. The Labute approximate surface area is 158 Å². The van der Waals surface area contributed by atoms with Crippen LogP contribution in [0.4, 0.5) is 16.5 Å². The summed E-state index contributed by atoms with van der Waals surface area (Å²) in [4.78, 5) is 38.7. The van der Waals surface area contributed by atoms with Gasteiger partial charge in [-0.25, -0.2) is 4.98 Å². The van der Waals surface area contributed by atoms with Gasteiger partial charge in [-0.3, -0.25) is 19.7 Å². The summed E-state index contributed by atoms with van der Waals surface area (Å²) in [6.45, 7) is 1.92. The molecule has 0 fully saturated rings. The number of carbonyl (C=O) groups is 2. The number of nitrogens with one attached hydrogen (secondary N) is 2. The Morgan fingerprint density at radius 1 is 1.19 bits per heavy atom. The number of thiazole rings is 1. The summed E-state index contributed by atoms with van der Waals surface area (Å²) in [5, 5.41) is 16.8. The number of nitrogens with zero attached hydrogens (tertiary/aromatic N) is 2. The van der Waals surface area contributed by atoms with E-state index < -0.39 is 10.8 Å². The van der Waals surface area contributed by atoms with E-state index >= 15 is 0 Å². The molecule has 0 aliphatic heterocycles. The zero-order valence-corrected chi connectivity index (χ0v) is 15.2. The predicted octanol–water partition coefficient (Wildman–Crippen LogP) is 4.20. The summed E-state index contributed by atoms with van der Waals surface area (Å²) in [6.07, 6.45) is 1.19. The van der Waals surface area contributed by atoms with Crippen molar-refractivity contribution in [2.24, 2.45) is 0 Å². The van der Waals surface area contributed by atoms with Crippen LogP contribution in [-0.4, -0.2) is 21.7 Å². The quantitative estimate of drug-likeness (QED) is 0.488. The Balaban J connectivity index is 1.77. The minimum Gasteiger partial charge on any atom is -0.322 e. The minimum absolute atomic E-state index is 0.0873. The third-order valence-corrected chi connectivity index (χ3v) is 4.62. The number of hydrogen-bond donors (Lipinski definition) is 2. The molecule has 8 nitrogen and oxygen atoms in total. The van der Waals surface area contributed by atoms with Crippen molar-refractivity contribution in [3.8, 4) is 0 Å². The lowest BCUT2D eigenvalue weighted by Gasteiger charge is -2.05. The molecule has 0 atom stereocenters. The van der Waals surface area contributed by atoms with E-state index in [0.29, 0.717) is 22.8 Å². The van der Waals surface area contributed by atoms with Crippen LogP contribution in [0, 0.1) is 10.1 Å². The summed E-state index contributed by atoms with van der Waals surface area (Å²) in [5.74, 6) is -0.533. The highest BCUT2D eigenvalue weighted by Crippen LogP contribution is 2.29. The van der Waals surface area contributed by atoms with Crippen LogP contribution >= 0.6 is 11.3 Å². The van der Waals surface area contributed by atoms with Gasteiger partial charge in [-0.05, 0) is 30.7 Å². The van der Waals surface area contributed by atoms with E-state index in [1.807, 2.05) is 6.92 Å². The third-order valence-electron chi connectivity index (χ3n) is 3.69. The second-order valence-electron chi connectivity index (χ2n) is 5.76. The standard InChI is InChI=1S/C18H16N4O4S/c1-2-4-16(23)21-18-20-14-8-7-12(10-15(14)27-18)19-17(24)11-5-3-6-13(9-11)22(25)26/h3,5-10H,2,4H2,1H3,(H,19,24)(H,20,21,23). The van der Waals surface area contributed by atoms with Gasteiger partial charge in [-0.15, -0.1) is 0 Å². The first kappa shape index (κ1) is 18.5. The van der Waals surface area contributed by atoms with E-state index in [-0.39, 0.29) is 17.2 Å². The maximum atomic E-state index is 12.3. The summed E-state index contributed by atoms with van der Waals surface area (Å²) in [6, 6.07) is 10.7. The van der Waals surface area contributed by atoms with Crippen molar-refractivity contribution >= 4 is 49.9 Å². The number of nitro benzene ring substituents is 1. The van der Waals surface area contributed by atoms with Crippen molar-refractivity contribution < 1.29 is 14.5 Å². The molecule has 0 aliphatic rings. The van der Waals surface area contributed by atoms with Crippen molar-refractivity contribution in [1.29, 1.82) is 0 Å². The molecule has 3 aromatic rings. The molecule has 0 spiro atoms. The highest BCUT2D eigenvalue weighted by molar-refractivity contribution is 7.22. The molecular weight excluding hydrogens is 368 g/mol. The van der Waals surface area contributed by atoms with E-state index in [1.54, 1.807) is 18.2 Å². The first-order valence-corrected chi connectivity index (χ1v) is 9.04. The number of carbonyl (C=O) groups excluding carboxylic acids is 2. The van der Waals surface area contributed by atoms with Gasteiger partial charge >= 0.3 is 0 Å². The number of rotatable bonds is 6. The number of amides is 2. The van der Waals surface area contributed by atoms with Crippen LogP contribution in [0.3, 0.4) is 0 Å². The lowest BCUT2D eigenvalue weighted by Crippen LogP contribution is -2.11. The zero-order valence-electron chi connectivity index (χ0n) is 14.4. The van der Waals surface area contributed by atoms with Gasteiger partial charge < -0.3 is 10.6 Å². The Hall–Kier alpha value is -3.33. The normalized spacial score (nSPS) is 10.6. The van der Waals surface area contributed by atoms with Crippen LogP contribution in [0.2, 0.25) is 0 Å². The average Bonchev–Trinajstić information content (AvgIpc) is 3.03. The summed E-state index contributed by atoms with van der Waals surface area (Å²) < 4.78 is 0.804. The fourth-order valence-corrected chi connectivity index (χ4v) is 3.35. The Kier molecular flexibility index (Phi) is 5.41. The largest absolute Gasteiger partial charge is 0.322 e. The van der Waals surface area contributed by atoms with Gasteiger partial charge in [0, 0.05) is 29.8 Å². The minimum atomic E-state index is -0.547. The lowest BCUT2D eigenvalue weighted by atomic mass is 10.2. The van der Waals surface area contributed by atoms with Crippen LogP contribution in [0.15, 0.2) is 42.5 Å². The molecule has 3 rings (SSSR count). The smallest absolute Gasteiger partial charge is 0.270 e. The van der Waals surface area contributed by atoms with Gasteiger partial charge in [0.1, 0.15) is 0 Å². The Morgan fingerprint density at radius 3 is 2.74 bits per heavy atom. The Morgan fingerprint density at radius 2 is 2.00 bits per heavy atom. The highest BCUT2D eigenvalue weighted by atomic mass is 32.1. The molecular formula is C18H16N4O4S. The van der Waals surface area contributed by atoms with Crippen LogP contribution in [0.1, 0.15) is 30.1 Å². The van der Waals surface area contributed by atoms with Gasteiger partial charge in [0.2, 0.25) is 5.91 Å². The zero-order chi connectivity index (χ0) is 19.4. The van der Waals surface area contributed by atoms with Gasteiger partial charge in [-0.2, -0.15) is 0 Å². The number of aromatic nitrogens is 1. The summed E-state index contributed by atoms with van der Waals surface area (Å²) in [7, 11) is 0. The molecule has 0 radical (unpaired) electrons. The van der Waals surface area contributed by atoms with Gasteiger partial charge in [0.05, 0.1) is 15.1 Å². The molecule has 0 unspecified atom stereocenters. The first-order valence-electron chi connectivity index (χ1n) is 8.22. The van der Waals surface area contributed by atoms with Gasteiger partial charge in [-0.1, -0.05) is 24.3 Å². The summed E-state index contributed by atoms with van der Waals surface area (Å²) >= 11 is 1.31. The number of non-ortho nitro benzene ring substituents is 1. The predicted molar refractivity (Wildman–Crippen MR) is 104 cm³/mol. The third kappa shape index (κ3) is 4.45. The number of benzene rings is 2. The number of nitro groups is 1. The maximum Gasteiger partial charge on any atom is 0.270 e. The molecule has 0 saturated heterocycles. The van der Waals surface area contributed by atoms with Gasteiger partial charge in [0.25, 0.3) is 11.6 Å². The SMILES string of the molecule is CCCC(=O)Nc1nc2ccc(NC(=O)c3cccc([N+](=O)[O-])c3)cc2s1. The van der Waals surface area contributed by atoms with Crippen LogP contribution < -0.4 is 10.6 Å². The molecule has 2 aromatic carbocycles. The molecule has 9 heteroatoms. The lowest BCUT2D eigenvalue weighted by molar-refractivity contribution is -0.384. The fraction of sp³-hybridized carbons (Fsp3) is 0.167. The number of fused-ring (bicyclic) bond motifs is 1. The Bertz CT molecular complexity index is 1030. The van der Waals surface area contributed by atoms with E-state index in [9.17, 15) is 19.7 Å². The number of anilines is 2. The van der Waals surface area contributed by atoms with Crippen LogP contribution in [-0.2, 0) is 4.79 Å². The topological polar surface area (TPSA) is 114 Å². The molecule has 1 heterocycles. The van der Waals surface area contributed by atoms with Crippen molar-refractivity contribution in [1.82, 2.24) is 4.98 Å². The molecule has 27 heavy (non-hydrogen) atoms. The molecule has 2 N–H and O–H groups in total.